The summed E-state index contributed by atoms with van der Waals surface area (Å²) in [7, 11) is 0. The molecule has 4 nitrogen and oxygen atoms in total. The molecule has 0 bridgehead atoms. The van der Waals surface area contributed by atoms with E-state index in [2.05, 4.69) is 14.9 Å². The SMILES string of the molecule is NC1CCN(c2cncnc2-c2ccccc2Cl)CC1. The Balaban J connectivity index is 1.99. The molecule has 0 amide bonds. The number of rotatable bonds is 2. The maximum absolute atomic E-state index is 6.29. The molecule has 1 fully saturated rings. The van der Waals surface area contributed by atoms with Gasteiger partial charge in [0.05, 0.1) is 22.6 Å². The number of piperidine rings is 1. The molecule has 104 valence electrons. The average molecular weight is 289 g/mol. The molecule has 1 aliphatic heterocycles. The van der Waals surface area contributed by atoms with Crippen LogP contribution in [0.2, 0.25) is 5.02 Å². The van der Waals surface area contributed by atoms with Crippen LogP contribution in [0.15, 0.2) is 36.8 Å². The molecule has 0 saturated carbocycles. The lowest BCUT2D eigenvalue weighted by molar-refractivity contribution is 0.501. The summed E-state index contributed by atoms with van der Waals surface area (Å²) < 4.78 is 0. The van der Waals surface area contributed by atoms with E-state index in [1.54, 1.807) is 6.33 Å². The highest BCUT2D eigenvalue weighted by molar-refractivity contribution is 6.33. The molecule has 1 aromatic heterocycles. The van der Waals surface area contributed by atoms with Gasteiger partial charge in [0.15, 0.2) is 0 Å². The Morgan fingerprint density at radius 1 is 1.20 bits per heavy atom. The van der Waals surface area contributed by atoms with Crippen molar-refractivity contribution < 1.29 is 0 Å². The van der Waals surface area contributed by atoms with Crippen LogP contribution in [-0.2, 0) is 0 Å². The van der Waals surface area contributed by atoms with Crippen molar-refractivity contribution in [2.75, 3.05) is 18.0 Å². The fourth-order valence-corrected chi connectivity index (χ4v) is 2.78. The molecule has 3 rings (SSSR count). The van der Waals surface area contributed by atoms with E-state index in [1.165, 1.54) is 0 Å². The van der Waals surface area contributed by atoms with Gasteiger partial charge in [0, 0.05) is 24.7 Å². The van der Waals surface area contributed by atoms with E-state index in [0.717, 1.165) is 42.9 Å². The number of benzene rings is 1. The highest BCUT2D eigenvalue weighted by Crippen LogP contribution is 2.33. The summed E-state index contributed by atoms with van der Waals surface area (Å²) in [6.07, 6.45) is 5.42. The first-order valence-corrected chi connectivity index (χ1v) is 7.19. The molecule has 0 radical (unpaired) electrons. The molecule has 0 unspecified atom stereocenters. The summed E-state index contributed by atoms with van der Waals surface area (Å²) in [6, 6.07) is 8.07. The summed E-state index contributed by atoms with van der Waals surface area (Å²) in [5.74, 6) is 0. The number of aromatic nitrogens is 2. The lowest BCUT2D eigenvalue weighted by Crippen LogP contribution is -2.40. The Hall–Kier alpha value is -1.65. The van der Waals surface area contributed by atoms with Gasteiger partial charge >= 0.3 is 0 Å². The van der Waals surface area contributed by atoms with Gasteiger partial charge in [0.25, 0.3) is 0 Å². The third-order valence-electron chi connectivity index (χ3n) is 3.70. The van der Waals surface area contributed by atoms with Crippen LogP contribution in [0.25, 0.3) is 11.3 Å². The van der Waals surface area contributed by atoms with Crippen molar-refractivity contribution in [1.29, 1.82) is 0 Å². The maximum Gasteiger partial charge on any atom is 0.116 e. The first kappa shape index (κ1) is 13.3. The first-order valence-electron chi connectivity index (χ1n) is 6.81. The van der Waals surface area contributed by atoms with Crippen LogP contribution in [0.1, 0.15) is 12.8 Å². The second-order valence-corrected chi connectivity index (χ2v) is 5.47. The molecule has 2 heterocycles. The van der Waals surface area contributed by atoms with E-state index < -0.39 is 0 Å². The number of anilines is 1. The molecule has 0 atom stereocenters. The highest BCUT2D eigenvalue weighted by Gasteiger charge is 2.20. The third-order valence-corrected chi connectivity index (χ3v) is 4.03. The van der Waals surface area contributed by atoms with Crippen molar-refractivity contribution >= 4 is 17.3 Å². The zero-order chi connectivity index (χ0) is 13.9. The predicted molar refractivity (Wildman–Crippen MR) is 81.9 cm³/mol. The molecule has 1 saturated heterocycles. The van der Waals surface area contributed by atoms with Crippen molar-refractivity contribution in [1.82, 2.24) is 9.97 Å². The Labute approximate surface area is 123 Å². The molecular formula is C15H17ClN4. The number of nitrogens with two attached hydrogens (primary N) is 1. The second-order valence-electron chi connectivity index (χ2n) is 5.06. The molecule has 1 aliphatic rings. The van der Waals surface area contributed by atoms with Gasteiger partial charge in [-0.1, -0.05) is 29.8 Å². The van der Waals surface area contributed by atoms with E-state index in [-0.39, 0.29) is 0 Å². The third kappa shape index (κ3) is 2.62. The largest absolute Gasteiger partial charge is 0.368 e. The topological polar surface area (TPSA) is 55.0 Å². The molecule has 2 N–H and O–H groups in total. The lowest BCUT2D eigenvalue weighted by Gasteiger charge is -2.32. The Bertz CT molecular complexity index is 594. The van der Waals surface area contributed by atoms with Gasteiger partial charge in [-0.05, 0) is 18.9 Å². The van der Waals surface area contributed by atoms with Gasteiger partial charge < -0.3 is 10.6 Å². The molecule has 2 aromatic rings. The number of halogens is 1. The van der Waals surface area contributed by atoms with E-state index in [1.807, 2.05) is 30.5 Å². The summed E-state index contributed by atoms with van der Waals surface area (Å²) in [4.78, 5) is 10.9. The highest BCUT2D eigenvalue weighted by atomic mass is 35.5. The quantitative estimate of drug-likeness (QED) is 0.923. The van der Waals surface area contributed by atoms with Crippen LogP contribution in [0.4, 0.5) is 5.69 Å². The Morgan fingerprint density at radius 3 is 2.70 bits per heavy atom. The zero-order valence-corrected chi connectivity index (χ0v) is 11.9. The summed E-state index contributed by atoms with van der Waals surface area (Å²) >= 11 is 6.29. The Kier molecular flexibility index (Phi) is 3.85. The average Bonchev–Trinajstić information content (AvgIpc) is 2.49. The maximum atomic E-state index is 6.29. The molecule has 5 heteroatoms. The lowest BCUT2D eigenvalue weighted by atomic mass is 10.0. The van der Waals surface area contributed by atoms with Gasteiger partial charge in [0.1, 0.15) is 6.33 Å². The molecule has 0 spiro atoms. The van der Waals surface area contributed by atoms with Crippen molar-refractivity contribution in [2.24, 2.45) is 5.73 Å². The summed E-state index contributed by atoms with van der Waals surface area (Å²) in [5.41, 5.74) is 8.84. The minimum Gasteiger partial charge on any atom is -0.368 e. The monoisotopic (exact) mass is 288 g/mol. The van der Waals surface area contributed by atoms with Crippen LogP contribution in [0.5, 0.6) is 0 Å². The normalized spacial score (nSPS) is 16.4. The zero-order valence-electron chi connectivity index (χ0n) is 11.2. The van der Waals surface area contributed by atoms with E-state index in [0.29, 0.717) is 11.1 Å². The predicted octanol–water partition coefficient (Wildman–Crippen LogP) is 2.72. The van der Waals surface area contributed by atoms with E-state index in [4.69, 9.17) is 17.3 Å². The molecule has 0 aliphatic carbocycles. The van der Waals surface area contributed by atoms with Crippen molar-refractivity contribution in [2.45, 2.75) is 18.9 Å². The van der Waals surface area contributed by atoms with Gasteiger partial charge in [0.2, 0.25) is 0 Å². The fourth-order valence-electron chi connectivity index (χ4n) is 2.55. The van der Waals surface area contributed by atoms with Crippen molar-refractivity contribution in [3.05, 3.63) is 41.8 Å². The van der Waals surface area contributed by atoms with Crippen molar-refractivity contribution in [3.63, 3.8) is 0 Å². The summed E-state index contributed by atoms with van der Waals surface area (Å²) in [5, 5.41) is 0.709. The molecule has 1 aromatic carbocycles. The smallest absolute Gasteiger partial charge is 0.116 e. The molecular weight excluding hydrogens is 272 g/mol. The van der Waals surface area contributed by atoms with Crippen LogP contribution in [0.3, 0.4) is 0 Å². The number of nitrogens with zero attached hydrogens (tertiary/aromatic N) is 3. The van der Waals surface area contributed by atoms with Crippen LogP contribution in [0, 0.1) is 0 Å². The van der Waals surface area contributed by atoms with Crippen LogP contribution in [-0.4, -0.2) is 29.1 Å². The first-order chi connectivity index (χ1) is 9.75. The number of hydrogen-bond acceptors (Lipinski definition) is 4. The number of hydrogen-bond donors (Lipinski definition) is 1. The standard InChI is InChI=1S/C15H17ClN4/c16-13-4-2-1-3-12(13)15-14(9-18-10-19-15)20-7-5-11(17)6-8-20/h1-4,9-11H,5-8,17H2. The van der Waals surface area contributed by atoms with Crippen LogP contribution < -0.4 is 10.6 Å². The van der Waals surface area contributed by atoms with Crippen LogP contribution >= 0.6 is 11.6 Å². The minimum atomic E-state index is 0.305. The van der Waals surface area contributed by atoms with Gasteiger partial charge in [-0.15, -0.1) is 0 Å². The second kappa shape index (κ2) is 5.77. The fraction of sp³-hybridized carbons (Fsp3) is 0.333. The minimum absolute atomic E-state index is 0.305. The van der Waals surface area contributed by atoms with Crippen molar-refractivity contribution in [3.8, 4) is 11.3 Å². The van der Waals surface area contributed by atoms with Gasteiger partial charge in [-0.25, -0.2) is 9.97 Å². The Morgan fingerprint density at radius 2 is 1.95 bits per heavy atom. The van der Waals surface area contributed by atoms with E-state index >= 15 is 0 Å². The molecule has 20 heavy (non-hydrogen) atoms. The summed E-state index contributed by atoms with van der Waals surface area (Å²) in [6.45, 7) is 1.87. The van der Waals surface area contributed by atoms with Gasteiger partial charge in [-0.2, -0.15) is 0 Å². The van der Waals surface area contributed by atoms with E-state index in [9.17, 15) is 0 Å². The van der Waals surface area contributed by atoms with Gasteiger partial charge in [-0.3, -0.25) is 0 Å².